The molecule has 1 heterocycles. The lowest BCUT2D eigenvalue weighted by Gasteiger charge is -2.35. The van der Waals surface area contributed by atoms with Gasteiger partial charge in [0.25, 0.3) is 0 Å². The maximum absolute atomic E-state index is 9.31. The monoisotopic (exact) mass is 274 g/mol. The van der Waals surface area contributed by atoms with Crippen LogP contribution in [0.4, 0.5) is 0 Å². The average molecular weight is 275 g/mol. The second-order valence-corrected chi connectivity index (χ2v) is 5.07. The maximum Gasteiger partial charge on any atom is 0.0599 e. The molecule has 0 amide bonds. The Morgan fingerprint density at radius 3 is 2.88 bits per heavy atom. The molecule has 1 aromatic carbocycles. The lowest BCUT2D eigenvalue weighted by atomic mass is 10.1. The van der Waals surface area contributed by atoms with Gasteiger partial charge in [-0.3, -0.25) is 4.90 Å². The Hall–Kier alpha value is -0.320. The Balaban J connectivity index is 2.05. The van der Waals surface area contributed by atoms with E-state index in [1.807, 2.05) is 18.2 Å². The highest BCUT2D eigenvalue weighted by Crippen LogP contribution is 2.23. The summed E-state index contributed by atoms with van der Waals surface area (Å²) < 4.78 is 0. The molecular weight excluding hydrogens is 259 g/mol. The Kier molecular flexibility index (Phi) is 4.65. The van der Waals surface area contributed by atoms with Gasteiger partial charge in [0.2, 0.25) is 0 Å². The quantitative estimate of drug-likeness (QED) is 0.882. The van der Waals surface area contributed by atoms with Crippen molar-refractivity contribution < 1.29 is 5.11 Å². The number of halogens is 2. The number of aliphatic hydroxyl groups excluding tert-OH is 1. The second kappa shape index (κ2) is 6.03. The third-order valence-electron chi connectivity index (χ3n) is 3.05. The van der Waals surface area contributed by atoms with Crippen LogP contribution in [0.3, 0.4) is 0 Å². The molecule has 0 aromatic heterocycles. The summed E-state index contributed by atoms with van der Waals surface area (Å²) in [5.41, 5.74) is 1.12. The Morgan fingerprint density at radius 1 is 1.35 bits per heavy atom. The summed E-state index contributed by atoms with van der Waals surface area (Å²) in [6.45, 7) is 3.69. The minimum Gasteiger partial charge on any atom is -0.395 e. The molecule has 1 aliphatic heterocycles. The van der Waals surface area contributed by atoms with Crippen LogP contribution in [0.25, 0.3) is 0 Å². The first-order valence-electron chi connectivity index (χ1n) is 5.70. The molecule has 0 spiro atoms. The molecule has 0 bridgehead atoms. The molecule has 1 fully saturated rings. The van der Waals surface area contributed by atoms with Gasteiger partial charge in [-0.1, -0.05) is 29.3 Å². The molecule has 2 rings (SSSR count). The predicted molar refractivity (Wildman–Crippen MR) is 70.6 cm³/mol. The van der Waals surface area contributed by atoms with Crippen molar-refractivity contribution in [3.63, 3.8) is 0 Å². The van der Waals surface area contributed by atoms with Crippen molar-refractivity contribution >= 4 is 23.2 Å². The van der Waals surface area contributed by atoms with Crippen LogP contribution < -0.4 is 5.32 Å². The highest BCUT2D eigenvalue weighted by Gasteiger charge is 2.21. The Labute approximate surface area is 111 Å². The number of benzene rings is 1. The van der Waals surface area contributed by atoms with E-state index in [0.717, 1.165) is 31.7 Å². The van der Waals surface area contributed by atoms with Crippen LogP contribution in [-0.4, -0.2) is 42.3 Å². The van der Waals surface area contributed by atoms with E-state index in [-0.39, 0.29) is 12.6 Å². The van der Waals surface area contributed by atoms with Crippen molar-refractivity contribution in [1.82, 2.24) is 10.2 Å². The smallest absolute Gasteiger partial charge is 0.0599 e. The minimum atomic E-state index is 0.175. The van der Waals surface area contributed by atoms with E-state index in [0.29, 0.717) is 10.0 Å². The lowest BCUT2D eigenvalue weighted by Crippen LogP contribution is -2.52. The molecule has 0 saturated carbocycles. The molecule has 0 radical (unpaired) electrons. The van der Waals surface area contributed by atoms with Crippen LogP contribution in [0.15, 0.2) is 18.2 Å². The number of nitrogens with zero attached hydrogens (tertiary/aromatic N) is 1. The zero-order valence-electron chi connectivity index (χ0n) is 9.50. The molecule has 0 aliphatic carbocycles. The highest BCUT2D eigenvalue weighted by atomic mass is 35.5. The number of nitrogens with one attached hydrogen (secondary N) is 1. The van der Waals surface area contributed by atoms with E-state index < -0.39 is 0 Å². The second-order valence-electron chi connectivity index (χ2n) is 4.26. The molecular formula is C12H16Cl2N2O. The third kappa shape index (κ3) is 3.33. The lowest BCUT2D eigenvalue weighted by molar-refractivity contribution is 0.0946. The molecule has 1 saturated heterocycles. The molecule has 1 unspecified atom stereocenters. The first-order valence-corrected chi connectivity index (χ1v) is 6.46. The number of piperazine rings is 1. The van der Waals surface area contributed by atoms with Crippen LogP contribution in [0.5, 0.6) is 0 Å². The first kappa shape index (κ1) is 13.1. The van der Waals surface area contributed by atoms with Crippen LogP contribution in [0.2, 0.25) is 10.0 Å². The molecule has 94 valence electrons. The maximum atomic E-state index is 9.31. The van der Waals surface area contributed by atoms with Gasteiger partial charge in [0.05, 0.1) is 16.7 Å². The van der Waals surface area contributed by atoms with Crippen LogP contribution in [0.1, 0.15) is 5.56 Å². The van der Waals surface area contributed by atoms with Crippen LogP contribution in [-0.2, 0) is 6.54 Å². The van der Waals surface area contributed by atoms with Crippen LogP contribution >= 0.6 is 23.2 Å². The summed E-state index contributed by atoms with van der Waals surface area (Å²) in [5, 5.41) is 13.7. The van der Waals surface area contributed by atoms with Gasteiger partial charge in [-0.05, 0) is 17.7 Å². The molecule has 2 N–H and O–H groups in total. The largest absolute Gasteiger partial charge is 0.395 e. The molecule has 17 heavy (non-hydrogen) atoms. The van der Waals surface area contributed by atoms with Gasteiger partial charge in [0.15, 0.2) is 0 Å². The van der Waals surface area contributed by atoms with Crippen molar-refractivity contribution in [1.29, 1.82) is 0 Å². The van der Waals surface area contributed by atoms with Gasteiger partial charge in [-0.15, -0.1) is 0 Å². The summed E-state index contributed by atoms with van der Waals surface area (Å²) in [5.74, 6) is 0. The normalized spacial score (nSPS) is 21.7. The number of rotatable bonds is 3. The molecule has 5 heteroatoms. The summed E-state index contributed by atoms with van der Waals surface area (Å²) in [4.78, 5) is 2.26. The van der Waals surface area contributed by atoms with Gasteiger partial charge in [-0.2, -0.15) is 0 Å². The predicted octanol–water partition coefficient (Wildman–Crippen LogP) is 1.76. The van der Waals surface area contributed by atoms with Crippen molar-refractivity contribution in [3.05, 3.63) is 33.8 Å². The van der Waals surface area contributed by atoms with Crippen LogP contribution in [0, 0.1) is 0 Å². The SMILES string of the molecule is OCC1CNCCN1Cc1ccc(Cl)c(Cl)c1. The fourth-order valence-electron chi connectivity index (χ4n) is 2.06. The average Bonchev–Trinajstić information content (AvgIpc) is 2.34. The van der Waals surface area contributed by atoms with E-state index in [2.05, 4.69) is 10.2 Å². The van der Waals surface area contributed by atoms with Crippen molar-refractivity contribution in [3.8, 4) is 0 Å². The standard InChI is InChI=1S/C12H16Cl2N2O/c13-11-2-1-9(5-12(11)14)7-16-4-3-15-6-10(16)8-17/h1-2,5,10,15,17H,3-4,6-8H2. The Bertz CT molecular complexity index is 387. The fourth-order valence-corrected chi connectivity index (χ4v) is 2.38. The molecule has 1 aliphatic rings. The zero-order chi connectivity index (χ0) is 12.3. The highest BCUT2D eigenvalue weighted by molar-refractivity contribution is 6.42. The summed E-state index contributed by atoms with van der Waals surface area (Å²) in [6.07, 6.45) is 0. The zero-order valence-corrected chi connectivity index (χ0v) is 11.0. The van der Waals surface area contributed by atoms with E-state index in [1.165, 1.54) is 0 Å². The van der Waals surface area contributed by atoms with Gasteiger partial charge in [-0.25, -0.2) is 0 Å². The first-order chi connectivity index (χ1) is 8.20. The van der Waals surface area contributed by atoms with Crippen molar-refractivity contribution in [2.45, 2.75) is 12.6 Å². The summed E-state index contributed by atoms with van der Waals surface area (Å²) in [6, 6.07) is 5.86. The van der Waals surface area contributed by atoms with E-state index in [4.69, 9.17) is 23.2 Å². The van der Waals surface area contributed by atoms with Gasteiger partial charge >= 0.3 is 0 Å². The van der Waals surface area contributed by atoms with E-state index in [9.17, 15) is 5.11 Å². The third-order valence-corrected chi connectivity index (χ3v) is 3.79. The molecule has 1 atom stereocenters. The fraction of sp³-hybridized carbons (Fsp3) is 0.500. The van der Waals surface area contributed by atoms with E-state index >= 15 is 0 Å². The van der Waals surface area contributed by atoms with Gasteiger partial charge in [0.1, 0.15) is 0 Å². The topological polar surface area (TPSA) is 35.5 Å². The number of hydrogen-bond acceptors (Lipinski definition) is 3. The van der Waals surface area contributed by atoms with Crippen molar-refractivity contribution in [2.75, 3.05) is 26.2 Å². The van der Waals surface area contributed by atoms with E-state index in [1.54, 1.807) is 0 Å². The minimum absolute atomic E-state index is 0.175. The van der Waals surface area contributed by atoms with Gasteiger partial charge < -0.3 is 10.4 Å². The number of aliphatic hydroxyl groups is 1. The molecule has 1 aromatic rings. The van der Waals surface area contributed by atoms with Gasteiger partial charge in [0, 0.05) is 32.2 Å². The summed E-state index contributed by atoms with van der Waals surface area (Å²) in [7, 11) is 0. The molecule has 3 nitrogen and oxygen atoms in total. The number of hydrogen-bond donors (Lipinski definition) is 2. The van der Waals surface area contributed by atoms with Crippen molar-refractivity contribution in [2.24, 2.45) is 0 Å². The Morgan fingerprint density at radius 2 is 2.18 bits per heavy atom. The summed E-state index contributed by atoms with van der Waals surface area (Å²) >= 11 is 11.9.